The van der Waals surface area contributed by atoms with Crippen LogP contribution >= 0.6 is 0 Å². The Labute approximate surface area is 245 Å². The Balaban J connectivity index is 0.000000467. The van der Waals surface area contributed by atoms with Crippen LogP contribution in [0.3, 0.4) is 0 Å². The summed E-state index contributed by atoms with van der Waals surface area (Å²) in [5.74, 6) is 3.87. The molecule has 43 heavy (non-hydrogen) atoms. The number of nitrogens with two attached hydrogens (primary N) is 1. The Morgan fingerprint density at radius 3 is 2.37 bits per heavy atom. The molecule has 4 heterocycles. The molecule has 13 nitrogen and oxygen atoms in total. The highest BCUT2D eigenvalue weighted by Crippen LogP contribution is 2.36. The zero-order chi connectivity index (χ0) is 30.9. The van der Waals surface area contributed by atoms with Crippen molar-refractivity contribution in [2.45, 2.75) is 25.8 Å². The zero-order valence-corrected chi connectivity index (χ0v) is 23.0. The van der Waals surface area contributed by atoms with Crippen LogP contribution in [-0.2, 0) is 14.4 Å². The Kier molecular flexibility index (Phi) is 9.44. The quantitative estimate of drug-likeness (QED) is 0.194. The lowest BCUT2D eigenvalue weighted by Gasteiger charge is -2.21. The lowest BCUT2D eigenvalue weighted by Crippen LogP contribution is -2.30. The molecule has 1 saturated heterocycles. The van der Waals surface area contributed by atoms with Crippen molar-refractivity contribution in [2.24, 2.45) is 0 Å². The molecule has 3 aromatic heterocycles. The average molecular weight is 582 g/mol. The molecule has 5 rings (SSSR count). The number of hydrogen-bond acceptors (Lipinski definition) is 8. The number of nitrogens with one attached hydrogen (secondary N) is 1. The van der Waals surface area contributed by atoms with E-state index >= 15 is 0 Å². The van der Waals surface area contributed by atoms with Crippen LogP contribution in [0, 0.1) is 11.8 Å². The highest BCUT2D eigenvalue weighted by Gasteiger charge is 2.33. The van der Waals surface area contributed by atoms with Gasteiger partial charge in [-0.15, -0.1) is 0 Å². The van der Waals surface area contributed by atoms with Gasteiger partial charge in [0.1, 0.15) is 28.7 Å². The molecule has 1 atom stereocenters. The van der Waals surface area contributed by atoms with Gasteiger partial charge in [0.25, 0.3) is 11.8 Å². The minimum atomic E-state index is -1.26. The molecule has 13 heteroatoms. The number of benzene rings is 1. The van der Waals surface area contributed by atoms with E-state index in [-0.39, 0.29) is 17.9 Å². The number of carbonyl (C=O) groups excluding carboxylic acids is 2. The Morgan fingerprint density at radius 1 is 1.02 bits per heavy atom. The molecular weight excluding hydrogens is 554 g/mol. The van der Waals surface area contributed by atoms with Crippen molar-refractivity contribution in [3.8, 4) is 23.1 Å². The number of carboxylic acids is 2. The van der Waals surface area contributed by atoms with Crippen molar-refractivity contribution >= 4 is 40.9 Å². The first-order valence-electron chi connectivity index (χ1n) is 13.0. The molecule has 0 bridgehead atoms. The predicted molar refractivity (Wildman–Crippen MR) is 157 cm³/mol. The van der Waals surface area contributed by atoms with Crippen LogP contribution in [0.25, 0.3) is 16.8 Å². The van der Waals surface area contributed by atoms with Crippen LogP contribution in [0.15, 0.2) is 73.2 Å². The molecule has 5 N–H and O–H groups in total. The zero-order valence-electron chi connectivity index (χ0n) is 23.0. The van der Waals surface area contributed by atoms with Crippen molar-refractivity contribution in [1.82, 2.24) is 24.3 Å². The lowest BCUT2D eigenvalue weighted by atomic mass is 10.1. The second kappa shape index (κ2) is 13.6. The number of hydrogen-bond donors (Lipinski definition) is 4. The number of rotatable bonds is 6. The maximum atomic E-state index is 12.6. The lowest BCUT2D eigenvalue weighted by molar-refractivity contribution is -0.134. The van der Waals surface area contributed by atoms with Crippen LogP contribution in [0.5, 0.6) is 0 Å². The first kappa shape index (κ1) is 29.9. The number of amides is 2. The molecule has 1 aliphatic rings. The predicted octanol–water partition coefficient (Wildman–Crippen LogP) is 3.02. The standard InChI is InChI=1S/C26H23N7O2.C4H4O4/c1-2-6-21(34)32-15-5-7-19(32)25-31-22(23-24(27)29-14-16-33(23)25)17-9-11-18(12-10-17)26(35)30-20-8-3-4-13-28-20;5-3(6)1-2-4(7)8/h3-4,8-14,16,19H,5,7,15H2,1H3,(H2,27,29)(H,28,30,35);1-2H,(H,5,6)(H,7,8)/t19-;/m0./s1. The number of carbonyl (C=O) groups is 4. The second-order valence-corrected chi connectivity index (χ2v) is 9.14. The number of fused-ring (bicyclic) bond motifs is 1. The van der Waals surface area contributed by atoms with Crippen molar-refractivity contribution in [2.75, 3.05) is 17.6 Å². The van der Waals surface area contributed by atoms with Gasteiger partial charge < -0.3 is 26.2 Å². The van der Waals surface area contributed by atoms with Crippen LogP contribution in [0.4, 0.5) is 11.6 Å². The van der Waals surface area contributed by atoms with Gasteiger partial charge in [-0.25, -0.2) is 24.5 Å². The number of pyridine rings is 1. The number of nitrogen functional groups attached to an aromatic ring is 1. The van der Waals surface area contributed by atoms with Crippen LogP contribution in [0.1, 0.15) is 42.0 Å². The van der Waals surface area contributed by atoms with E-state index in [4.69, 9.17) is 20.9 Å². The molecule has 1 aromatic carbocycles. The van der Waals surface area contributed by atoms with Gasteiger partial charge in [-0.05, 0) is 50.0 Å². The van der Waals surface area contributed by atoms with Crippen LogP contribution < -0.4 is 11.1 Å². The summed E-state index contributed by atoms with van der Waals surface area (Å²) in [7, 11) is 0. The number of aliphatic carboxylic acids is 2. The van der Waals surface area contributed by atoms with Crippen molar-refractivity contribution < 1.29 is 29.4 Å². The summed E-state index contributed by atoms with van der Waals surface area (Å²) in [6.45, 7) is 2.28. The van der Waals surface area contributed by atoms with E-state index in [0.29, 0.717) is 52.9 Å². The smallest absolute Gasteiger partial charge is 0.328 e. The second-order valence-electron chi connectivity index (χ2n) is 9.14. The summed E-state index contributed by atoms with van der Waals surface area (Å²) < 4.78 is 1.90. The summed E-state index contributed by atoms with van der Waals surface area (Å²) in [5.41, 5.74) is 8.84. The van der Waals surface area contributed by atoms with Gasteiger partial charge >= 0.3 is 11.9 Å². The summed E-state index contributed by atoms with van der Waals surface area (Å²) in [5, 5.41) is 18.4. The number of imidazole rings is 1. The third kappa shape index (κ3) is 7.19. The molecule has 1 fully saturated rings. The molecule has 0 saturated carbocycles. The van der Waals surface area contributed by atoms with E-state index in [1.54, 1.807) is 60.7 Å². The minimum absolute atomic E-state index is 0.210. The first-order chi connectivity index (χ1) is 20.7. The molecule has 0 aliphatic carbocycles. The highest BCUT2D eigenvalue weighted by atomic mass is 16.4. The van der Waals surface area contributed by atoms with Gasteiger partial charge in [0, 0.05) is 48.4 Å². The topological polar surface area (TPSA) is 193 Å². The van der Waals surface area contributed by atoms with Gasteiger partial charge in [0.05, 0.1) is 6.04 Å². The van der Waals surface area contributed by atoms with Gasteiger partial charge in [-0.1, -0.05) is 24.1 Å². The first-order valence-corrected chi connectivity index (χ1v) is 13.0. The number of anilines is 2. The number of likely N-dealkylation sites (tertiary alicyclic amines) is 1. The van der Waals surface area contributed by atoms with E-state index in [0.717, 1.165) is 18.4 Å². The maximum absolute atomic E-state index is 12.6. The van der Waals surface area contributed by atoms with Crippen molar-refractivity contribution in [1.29, 1.82) is 0 Å². The fourth-order valence-corrected chi connectivity index (χ4v) is 4.53. The summed E-state index contributed by atoms with van der Waals surface area (Å²) in [6.07, 6.45) is 7.81. The maximum Gasteiger partial charge on any atom is 0.328 e. The normalized spacial score (nSPS) is 14.0. The van der Waals surface area contributed by atoms with Gasteiger partial charge in [-0.2, -0.15) is 0 Å². The van der Waals surface area contributed by atoms with E-state index in [1.807, 2.05) is 16.5 Å². The number of aromatic nitrogens is 4. The monoisotopic (exact) mass is 581 g/mol. The molecule has 4 aromatic rings. The number of nitrogens with zero attached hydrogens (tertiary/aromatic N) is 5. The largest absolute Gasteiger partial charge is 0.478 e. The number of carboxylic acid groups (broad SMARTS) is 2. The molecule has 0 spiro atoms. The van der Waals surface area contributed by atoms with E-state index < -0.39 is 11.9 Å². The van der Waals surface area contributed by atoms with Crippen LogP contribution in [-0.4, -0.2) is 64.8 Å². The van der Waals surface area contributed by atoms with Crippen LogP contribution in [0.2, 0.25) is 0 Å². The van der Waals surface area contributed by atoms with Gasteiger partial charge in [-0.3, -0.25) is 14.0 Å². The summed E-state index contributed by atoms with van der Waals surface area (Å²) in [6, 6.07) is 12.2. The highest BCUT2D eigenvalue weighted by molar-refractivity contribution is 6.04. The van der Waals surface area contributed by atoms with Gasteiger partial charge in [0.15, 0.2) is 0 Å². The third-order valence-corrected chi connectivity index (χ3v) is 6.35. The van der Waals surface area contributed by atoms with Gasteiger partial charge in [0.2, 0.25) is 0 Å². The molecule has 0 unspecified atom stereocenters. The molecule has 218 valence electrons. The Bertz CT molecular complexity index is 1740. The van der Waals surface area contributed by atoms with E-state index in [9.17, 15) is 19.2 Å². The van der Waals surface area contributed by atoms with E-state index in [2.05, 4.69) is 27.1 Å². The average Bonchev–Trinajstić information content (AvgIpc) is 3.63. The fourth-order valence-electron chi connectivity index (χ4n) is 4.53. The molecule has 1 aliphatic heterocycles. The summed E-state index contributed by atoms with van der Waals surface area (Å²) >= 11 is 0. The van der Waals surface area contributed by atoms with Crippen molar-refractivity contribution in [3.05, 3.63) is 84.6 Å². The Hall–Kier alpha value is -6.03. The van der Waals surface area contributed by atoms with E-state index in [1.165, 1.54) is 0 Å². The third-order valence-electron chi connectivity index (χ3n) is 6.35. The SMILES string of the molecule is CC#CC(=O)N1CCC[C@H]1c1nc(-c2ccc(C(=O)Nc3ccccn3)cc2)c2c(N)nccn12.O=C(O)C=CC(=O)O. The Morgan fingerprint density at radius 2 is 1.74 bits per heavy atom. The molecule has 0 radical (unpaired) electrons. The fraction of sp³-hybridized carbons (Fsp3) is 0.167. The minimum Gasteiger partial charge on any atom is -0.478 e. The molecular formula is C30H27N7O6. The summed E-state index contributed by atoms with van der Waals surface area (Å²) in [4.78, 5) is 59.4. The molecule has 2 amide bonds. The van der Waals surface area contributed by atoms with Crippen molar-refractivity contribution in [3.63, 3.8) is 0 Å².